The smallest absolute Gasteiger partial charge is 0.246 e. The number of nitrogens with one attached hydrogen (secondary N) is 3. The van der Waals surface area contributed by atoms with Crippen molar-refractivity contribution in [2.24, 2.45) is 5.92 Å². The standard InChI is InChI=1S/C13H23N3O5S/c1-9(2)7-21-8-12(19)15-5-10(17)14-4-11(18)16-6-13(20)22-3/h9H,4-8H2,1-3H3,(H,14,17)(H,15,19)(H,16,18). The molecular weight excluding hydrogens is 310 g/mol. The molecule has 0 atom stereocenters. The Morgan fingerprint density at radius 2 is 1.41 bits per heavy atom. The van der Waals surface area contributed by atoms with E-state index < -0.39 is 17.7 Å². The van der Waals surface area contributed by atoms with Gasteiger partial charge in [0.1, 0.15) is 6.61 Å². The summed E-state index contributed by atoms with van der Waals surface area (Å²) in [6.45, 7) is 3.71. The van der Waals surface area contributed by atoms with E-state index in [4.69, 9.17) is 4.74 Å². The van der Waals surface area contributed by atoms with Crippen LogP contribution in [0.4, 0.5) is 0 Å². The van der Waals surface area contributed by atoms with Crippen molar-refractivity contribution >= 4 is 34.6 Å². The van der Waals surface area contributed by atoms with E-state index in [0.717, 1.165) is 11.8 Å². The fraction of sp³-hybridized carbons (Fsp3) is 0.692. The fourth-order valence-corrected chi connectivity index (χ4v) is 1.38. The summed E-state index contributed by atoms with van der Waals surface area (Å²) in [6.07, 6.45) is 1.61. The van der Waals surface area contributed by atoms with E-state index in [2.05, 4.69) is 16.0 Å². The van der Waals surface area contributed by atoms with Gasteiger partial charge in [-0.25, -0.2) is 0 Å². The number of carbonyl (C=O) groups is 4. The maximum Gasteiger partial charge on any atom is 0.246 e. The lowest BCUT2D eigenvalue weighted by Crippen LogP contribution is -2.43. The van der Waals surface area contributed by atoms with E-state index in [-0.39, 0.29) is 31.4 Å². The first kappa shape index (κ1) is 20.4. The highest BCUT2D eigenvalue weighted by Gasteiger charge is 2.09. The van der Waals surface area contributed by atoms with Crippen LogP contribution in [0.2, 0.25) is 0 Å². The summed E-state index contributed by atoms with van der Waals surface area (Å²) in [5.41, 5.74) is 0. The third-order valence-electron chi connectivity index (χ3n) is 2.23. The van der Waals surface area contributed by atoms with Crippen molar-refractivity contribution in [3.05, 3.63) is 0 Å². The Labute approximate surface area is 134 Å². The molecule has 3 amide bonds. The molecule has 0 aromatic carbocycles. The van der Waals surface area contributed by atoms with Crippen LogP contribution < -0.4 is 16.0 Å². The minimum absolute atomic E-state index is 0.0835. The molecule has 0 aliphatic carbocycles. The fourth-order valence-electron chi connectivity index (χ4n) is 1.16. The molecule has 0 spiro atoms. The number of hydrogen-bond acceptors (Lipinski definition) is 6. The molecular formula is C13H23N3O5S. The lowest BCUT2D eigenvalue weighted by molar-refractivity contribution is -0.130. The third kappa shape index (κ3) is 12.2. The average Bonchev–Trinajstić information content (AvgIpc) is 2.47. The predicted octanol–water partition coefficient (Wildman–Crippen LogP) is -1.10. The average molecular weight is 333 g/mol. The Kier molecular flexibility index (Phi) is 11.1. The van der Waals surface area contributed by atoms with E-state index in [1.807, 2.05) is 13.8 Å². The quantitative estimate of drug-likeness (QED) is 0.467. The molecule has 8 nitrogen and oxygen atoms in total. The summed E-state index contributed by atoms with van der Waals surface area (Å²) in [4.78, 5) is 45.0. The van der Waals surface area contributed by atoms with E-state index in [0.29, 0.717) is 12.5 Å². The van der Waals surface area contributed by atoms with Crippen LogP contribution in [0, 0.1) is 5.92 Å². The second-order valence-corrected chi connectivity index (χ2v) is 5.68. The minimum Gasteiger partial charge on any atom is -0.371 e. The van der Waals surface area contributed by atoms with Crippen LogP contribution in [-0.4, -0.2) is 61.9 Å². The Balaban J connectivity index is 3.70. The molecule has 0 rings (SSSR count). The first-order valence-electron chi connectivity index (χ1n) is 6.79. The van der Waals surface area contributed by atoms with Gasteiger partial charge >= 0.3 is 0 Å². The number of amides is 3. The highest BCUT2D eigenvalue weighted by atomic mass is 32.2. The maximum absolute atomic E-state index is 11.4. The van der Waals surface area contributed by atoms with Gasteiger partial charge in [0.15, 0.2) is 0 Å². The maximum atomic E-state index is 11.4. The zero-order valence-corrected chi connectivity index (χ0v) is 13.9. The number of ether oxygens (including phenoxy) is 1. The Morgan fingerprint density at radius 1 is 0.909 bits per heavy atom. The highest BCUT2D eigenvalue weighted by Crippen LogP contribution is 1.91. The van der Waals surface area contributed by atoms with E-state index in [1.165, 1.54) is 0 Å². The molecule has 0 saturated carbocycles. The van der Waals surface area contributed by atoms with Crippen molar-refractivity contribution in [2.45, 2.75) is 13.8 Å². The van der Waals surface area contributed by atoms with Gasteiger partial charge in [-0.15, -0.1) is 0 Å². The molecule has 0 saturated heterocycles. The van der Waals surface area contributed by atoms with Crippen LogP contribution in [0.3, 0.4) is 0 Å². The van der Waals surface area contributed by atoms with E-state index >= 15 is 0 Å². The number of rotatable bonds is 10. The molecule has 0 aromatic rings. The van der Waals surface area contributed by atoms with Crippen LogP contribution in [0.1, 0.15) is 13.8 Å². The van der Waals surface area contributed by atoms with E-state index in [9.17, 15) is 19.2 Å². The first-order valence-corrected chi connectivity index (χ1v) is 8.02. The molecule has 0 bridgehead atoms. The molecule has 0 aliphatic heterocycles. The summed E-state index contributed by atoms with van der Waals surface area (Å²) < 4.78 is 5.11. The van der Waals surface area contributed by atoms with Crippen molar-refractivity contribution < 1.29 is 23.9 Å². The molecule has 126 valence electrons. The summed E-state index contributed by atoms with van der Waals surface area (Å²) in [7, 11) is 0. The molecule has 0 radical (unpaired) electrons. The third-order valence-corrected chi connectivity index (χ3v) is 2.83. The highest BCUT2D eigenvalue weighted by molar-refractivity contribution is 8.13. The molecule has 0 heterocycles. The normalized spacial score (nSPS) is 10.2. The number of hydrogen-bond donors (Lipinski definition) is 3. The van der Waals surface area contributed by atoms with Gasteiger partial charge in [-0.1, -0.05) is 25.6 Å². The van der Waals surface area contributed by atoms with Gasteiger partial charge in [0, 0.05) is 6.61 Å². The summed E-state index contributed by atoms with van der Waals surface area (Å²) in [5.74, 6) is -1.04. The van der Waals surface area contributed by atoms with Gasteiger partial charge in [-0.2, -0.15) is 0 Å². The minimum atomic E-state index is -0.497. The lowest BCUT2D eigenvalue weighted by Gasteiger charge is -2.08. The summed E-state index contributed by atoms with van der Waals surface area (Å²) in [6, 6.07) is 0. The number of thioether (sulfide) groups is 1. The Morgan fingerprint density at radius 3 is 1.91 bits per heavy atom. The SMILES string of the molecule is CSC(=O)CNC(=O)CNC(=O)CNC(=O)COCC(C)C. The van der Waals surface area contributed by atoms with Gasteiger partial charge in [-0.05, 0) is 12.2 Å². The Bertz CT molecular complexity index is 401. The van der Waals surface area contributed by atoms with E-state index in [1.54, 1.807) is 6.26 Å². The van der Waals surface area contributed by atoms with Gasteiger partial charge in [0.2, 0.25) is 22.8 Å². The summed E-state index contributed by atoms with van der Waals surface area (Å²) in [5, 5.41) is 6.89. The molecule has 0 aliphatic rings. The first-order chi connectivity index (χ1) is 10.3. The lowest BCUT2D eigenvalue weighted by atomic mass is 10.2. The molecule has 0 unspecified atom stereocenters. The van der Waals surface area contributed by atoms with Crippen LogP contribution in [0.15, 0.2) is 0 Å². The van der Waals surface area contributed by atoms with Gasteiger partial charge < -0.3 is 20.7 Å². The zero-order chi connectivity index (χ0) is 17.0. The van der Waals surface area contributed by atoms with Gasteiger partial charge in [0.05, 0.1) is 19.6 Å². The van der Waals surface area contributed by atoms with Crippen molar-refractivity contribution in [1.29, 1.82) is 0 Å². The van der Waals surface area contributed by atoms with Crippen molar-refractivity contribution in [3.63, 3.8) is 0 Å². The van der Waals surface area contributed by atoms with Crippen molar-refractivity contribution in [1.82, 2.24) is 16.0 Å². The molecule has 0 fully saturated rings. The Hall–Kier alpha value is -1.61. The summed E-state index contributed by atoms with van der Waals surface area (Å²) >= 11 is 1.01. The predicted molar refractivity (Wildman–Crippen MR) is 83.2 cm³/mol. The van der Waals surface area contributed by atoms with Crippen molar-refractivity contribution in [3.8, 4) is 0 Å². The van der Waals surface area contributed by atoms with Crippen molar-refractivity contribution in [2.75, 3.05) is 39.1 Å². The zero-order valence-electron chi connectivity index (χ0n) is 13.1. The number of carbonyl (C=O) groups excluding carboxylic acids is 4. The monoisotopic (exact) mass is 333 g/mol. The van der Waals surface area contributed by atoms with Crippen LogP contribution in [0.5, 0.6) is 0 Å². The van der Waals surface area contributed by atoms with Crippen LogP contribution in [0.25, 0.3) is 0 Å². The second kappa shape index (κ2) is 12.0. The topological polar surface area (TPSA) is 114 Å². The molecule has 9 heteroatoms. The molecule has 3 N–H and O–H groups in total. The van der Waals surface area contributed by atoms with Crippen LogP contribution in [-0.2, 0) is 23.9 Å². The largest absolute Gasteiger partial charge is 0.371 e. The van der Waals surface area contributed by atoms with Crippen LogP contribution >= 0.6 is 11.8 Å². The second-order valence-electron chi connectivity index (χ2n) is 4.82. The van der Waals surface area contributed by atoms with Gasteiger partial charge in [0.25, 0.3) is 0 Å². The van der Waals surface area contributed by atoms with Gasteiger partial charge in [-0.3, -0.25) is 19.2 Å². The molecule has 22 heavy (non-hydrogen) atoms. The molecule has 0 aromatic heterocycles.